The molecule has 0 aromatic heterocycles. The minimum Gasteiger partial charge on any atom is -0.497 e. The number of ether oxygens (including phenoxy) is 3. The normalized spacial score (nSPS) is 25.8. The van der Waals surface area contributed by atoms with Gasteiger partial charge in [-0.1, -0.05) is 66.7 Å². The Morgan fingerprint density at radius 1 is 1.06 bits per heavy atom. The van der Waals surface area contributed by atoms with E-state index in [-0.39, 0.29) is 18.4 Å². The van der Waals surface area contributed by atoms with E-state index >= 15 is 0 Å². The lowest BCUT2D eigenvalue weighted by atomic mass is 9.66. The molecule has 186 valence electrons. The van der Waals surface area contributed by atoms with Gasteiger partial charge in [0.05, 0.1) is 13.7 Å². The number of carbonyl (C=O) groups is 2. The van der Waals surface area contributed by atoms with Crippen LogP contribution in [0.5, 0.6) is 5.75 Å². The number of carbonyl (C=O) groups excluding carboxylic acids is 2. The first-order valence-electron chi connectivity index (χ1n) is 12.7. The van der Waals surface area contributed by atoms with Crippen LogP contribution in [0.2, 0.25) is 0 Å². The summed E-state index contributed by atoms with van der Waals surface area (Å²) in [5.74, 6) is -1.69. The van der Waals surface area contributed by atoms with Gasteiger partial charge >= 0.3 is 11.9 Å². The van der Waals surface area contributed by atoms with Crippen LogP contribution in [0.1, 0.15) is 49.7 Å². The number of esters is 2. The third-order valence-electron chi connectivity index (χ3n) is 7.64. The fourth-order valence-electron chi connectivity index (χ4n) is 5.83. The van der Waals surface area contributed by atoms with Crippen LogP contribution in [0.4, 0.5) is 0 Å². The van der Waals surface area contributed by atoms with Crippen LogP contribution in [0, 0.1) is 11.8 Å². The quantitative estimate of drug-likeness (QED) is 0.233. The molecule has 1 fully saturated rings. The number of allylic oxidation sites excluding steroid dienone is 1. The molecule has 3 aromatic carbocycles. The maximum atomic E-state index is 13.7. The van der Waals surface area contributed by atoms with Gasteiger partial charge in [-0.3, -0.25) is 9.59 Å². The molecule has 0 radical (unpaired) electrons. The maximum Gasteiger partial charge on any atom is 0.321 e. The Balaban J connectivity index is 1.65. The molecule has 1 aliphatic heterocycles. The van der Waals surface area contributed by atoms with E-state index < -0.39 is 23.5 Å². The third kappa shape index (κ3) is 4.39. The van der Waals surface area contributed by atoms with Crippen molar-refractivity contribution in [3.05, 3.63) is 90.0 Å². The van der Waals surface area contributed by atoms with Crippen LogP contribution in [0.25, 0.3) is 10.8 Å². The molecule has 0 amide bonds. The van der Waals surface area contributed by atoms with E-state index in [0.29, 0.717) is 6.42 Å². The average Bonchev–Trinajstić information content (AvgIpc) is 2.93. The first-order chi connectivity index (χ1) is 17.6. The molecule has 36 heavy (non-hydrogen) atoms. The number of hydrogen-bond donors (Lipinski definition) is 0. The highest BCUT2D eigenvalue weighted by molar-refractivity contribution is 5.97. The Morgan fingerprint density at radius 2 is 1.83 bits per heavy atom. The van der Waals surface area contributed by atoms with Crippen molar-refractivity contribution in [2.75, 3.05) is 13.7 Å². The Hall–Kier alpha value is -3.60. The summed E-state index contributed by atoms with van der Waals surface area (Å²) in [7, 11) is 1.63. The van der Waals surface area contributed by atoms with Gasteiger partial charge < -0.3 is 14.2 Å². The molecule has 3 aromatic rings. The Kier molecular flexibility index (Phi) is 6.82. The third-order valence-corrected chi connectivity index (χ3v) is 7.64. The SMILES string of the molecule is CCOC(=O)[C@H]1C(=O)OC(c2ccc(OC)cc2)([C@@H]2C=CCCC2)C[C@@H]1c1ccc2ccccc2c1. The molecule has 5 heteroatoms. The van der Waals surface area contributed by atoms with E-state index in [1.165, 1.54) is 0 Å². The van der Waals surface area contributed by atoms with Crippen molar-refractivity contribution in [1.29, 1.82) is 0 Å². The lowest BCUT2D eigenvalue weighted by Gasteiger charge is -2.47. The van der Waals surface area contributed by atoms with E-state index in [4.69, 9.17) is 14.2 Å². The number of hydrogen-bond acceptors (Lipinski definition) is 5. The van der Waals surface area contributed by atoms with Crippen molar-refractivity contribution in [3.63, 3.8) is 0 Å². The number of fused-ring (bicyclic) bond motifs is 1. The number of methoxy groups -OCH3 is 1. The molecule has 4 atom stereocenters. The Bertz CT molecular complexity index is 1280. The van der Waals surface area contributed by atoms with Gasteiger partial charge in [0.1, 0.15) is 11.4 Å². The highest BCUT2D eigenvalue weighted by Crippen LogP contribution is 2.52. The molecule has 2 aliphatic rings. The minimum atomic E-state index is -1.01. The summed E-state index contributed by atoms with van der Waals surface area (Å²) < 4.78 is 17.1. The summed E-state index contributed by atoms with van der Waals surface area (Å²) in [6.07, 6.45) is 7.80. The molecular formula is C31H32O5. The highest BCUT2D eigenvalue weighted by atomic mass is 16.6. The topological polar surface area (TPSA) is 61.8 Å². The fourth-order valence-corrected chi connectivity index (χ4v) is 5.83. The van der Waals surface area contributed by atoms with Crippen LogP contribution >= 0.6 is 0 Å². The summed E-state index contributed by atoms with van der Waals surface area (Å²) in [5, 5.41) is 2.19. The Morgan fingerprint density at radius 3 is 2.53 bits per heavy atom. The van der Waals surface area contributed by atoms with Crippen LogP contribution in [0.15, 0.2) is 78.9 Å². The van der Waals surface area contributed by atoms with Gasteiger partial charge in [0.15, 0.2) is 5.92 Å². The largest absolute Gasteiger partial charge is 0.497 e. The summed E-state index contributed by atoms with van der Waals surface area (Å²) in [4.78, 5) is 26.9. The van der Waals surface area contributed by atoms with Gasteiger partial charge in [-0.05, 0) is 60.2 Å². The molecule has 5 rings (SSSR count). The van der Waals surface area contributed by atoms with Crippen LogP contribution < -0.4 is 4.74 Å². The van der Waals surface area contributed by atoms with Crippen molar-refractivity contribution in [2.45, 2.75) is 44.1 Å². The summed E-state index contributed by atoms with van der Waals surface area (Å²) in [6.45, 7) is 1.97. The van der Waals surface area contributed by atoms with Crippen molar-refractivity contribution >= 4 is 22.7 Å². The zero-order valence-electron chi connectivity index (χ0n) is 20.8. The van der Waals surface area contributed by atoms with E-state index in [0.717, 1.165) is 46.9 Å². The van der Waals surface area contributed by atoms with Gasteiger partial charge in [-0.25, -0.2) is 0 Å². The summed E-state index contributed by atoms with van der Waals surface area (Å²) in [6, 6.07) is 22.1. The predicted molar refractivity (Wildman–Crippen MR) is 139 cm³/mol. The van der Waals surface area contributed by atoms with Crippen molar-refractivity contribution in [1.82, 2.24) is 0 Å². The lowest BCUT2D eigenvalue weighted by molar-refractivity contribution is -0.192. The van der Waals surface area contributed by atoms with E-state index in [1.54, 1.807) is 14.0 Å². The second-order valence-corrected chi connectivity index (χ2v) is 9.65. The molecule has 0 spiro atoms. The first-order valence-corrected chi connectivity index (χ1v) is 12.7. The average molecular weight is 485 g/mol. The van der Waals surface area contributed by atoms with Crippen molar-refractivity contribution in [2.24, 2.45) is 11.8 Å². The van der Waals surface area contributed by atoms with Gasteiger partial charge in [0, 0.05) is 18.3 Å². The number of cyclic esters (lactones) is 1. The molecule has 1 saturated heterocycles. The number of rotatable bonds is 6. The summed E-state index contributed by atoms with van der Waals surface area (Å²) in [5.41, 5.74) is 0.974. The highest BCUT2D eigenvalue weighted by Gasteiger charge is 2.55. The molecule has 0 saturated carbocycles. The predicted octanol–water partition coefficient (Wildman–Crippen LogP) is 6.31. The van der Waals surface area contributed by atoms with Crippen LogP contribution in [-0.4, -0.2) is 25.7 Å². The molecule has 1 heterocycles. The van der Waals surface area contributed by atoms with E-state index in [2.05, 4.69) is 36.4 Å². The van der Waals surface area contributed by atoms with E-state index in [1.807, 2.05) is 42.5 Å². The Labute approximate surface area is 212 Å². The fraction of sp³-hybridized carbons (Fsp3) is 0.355. The van der Waals surface area contributed by atoms with Gasteiger partial charge in [0.2, 0.25) is 0 Å². The van der Waals surface area contributed by atoms with Gasteiger partial charge in [-0.2, -0.15) is 0 Å². The molecular weight excluding hydrogens is 452 g/mol. The lowest BCUT2D eigenvalue weighted by Crippen LogP contribution is -2.51. The zero-order valence-corrected chi connectivity index (χ0v) is 20.8. The second kappa shape index (κ2) is 10.2. The van der Waals surface area contributed by atoms with E-state index in [9.17, 15) is 9.59 Å². The van der Waals surface area contributed by atoms with Gasteiger partial charge in [0.25, 0.3) is 0 Å². The summed E-state index contributed by atoms with van der Waals surface area (Å²) >= 11 is 0. The monoisotopic (exact) mass is 484 g/mol. The molecule has 1 aliphatic carbocycles. The number of benzene rings is 3. The van der Waals surface area contributed by atoms with Crippen LogP contribution in [0.3, 0.4) is 0 Å². The molecule has 5 nitrogen and oxygen atoms in total. The molecule has 0 bridgehead atoms. The smallest absolute Gasteiger partial charge is 0.321 e. The van der Waals surface area contributed by atoms with Gasteiger partial charge in [-0.15, -0.1) is 0 Å². The first kappa shape index (κ1) is 24.1. The minimum absolute atomic E-state index is 0.00898. The van der Waals surface area contributed by atoms with Crippen molar-refractivity contribution in [3.8, 4) is 5.75 Å². The zero-order chi connectivity index (χ0) is 25.1. The molecule has 1 unspecified atom stereocenters. The van der Waals surface area contributed by atoms with Crippen LogP contribution in [-0.2, 0) is 24.7 Å². The molecule has 0 N–H and O–H groups in total. The standard InChI is InChI=1S/C31H32O5/c1-3-35-29(32)28-27(23-14-13-21-9-7-8-10-22(21)19-23)20-31(36-30(28)33,24-11-5-4-6-12-24)25-15-17-26(34-2)18-16-25/h5,7-11,13-19,24,27-28H,3-4,6,12,20H2,1-2H3/t24-,27-,28+,31?/m1/s1. The maximum absolute atomic E-state index is 13.7. The van der Waals surface area contributed by atoms with Crippen molar-refractivity contribution < 1.29 is 23.8 Å². The second-order valence-electron chi connectivity index (χ2n) is 9.65.